The summed E-state index contributed by atoms with van der Waals surface area (Å²) in [5, 5.41) is 6.92. The maximum atomic E-state index is 14.1. The van der Waals surface area contributed by atoms with E-state index >= 15 is 0 Å². The molecule has 1 aliphatic heterocycles. The quantitative estimate of drug-likeness (QED) is 0.767. The van der Waals surface area contributed by atoms with Gasteiger partial charge < -0.3 is 10.6 Å². The summed E-state index contributed by atoms with van der Waals surface area (Å²) in [4.78, 5) is 38.8. The Balaban J connectivity index is 1.76. The normalized spacial score (nSPS) is 20.5. The first-order valence-electron chi connectivity index (χ1n) is 8.15. The summed E-state index contributed by atoms with van der Waals surface area (Å²) in [6, 6.07) is 5.23. The number of carbonyl (C=O) groups excluding carboxylic acids is 3. The number of thiophene rings is 1. The predicted octanol–water partition coefficient (Wildman–Crippen LogP) is 2.67. The van der Waals surface area contributed by atoms with Crippen molar-refractivity contribution in [1.29, 1.82) is 0 Å². The number of rotatable bonds is 5. The molecule has 0 radical (unpaired) electrons. The lowest BCUT2D eigenvalue weighted by Gasteiger charge is -2.23. The topological polar surface area (TPSA) is 78.5 Å². The lowest BCUT2D eigenvalue weighted by Crippen LogP contribution is -2.44. The van der Waals surface area contributed by atoms with Crippen LogP contribution in [0, 0.1) is 11.6 Å². The highest BCUT2D eigenvalue weighted by molar-refractivity contribution is 7.10. The number of hydrogen-bond donors (Lipinski definition) is 2. The molecule has 1 aromatic carbocycles. The monoisotopic (exact) mass is 393 g/mol. The molecule has 3 rings (SSSR count). The van der Waals surface area contributed by atoms with E-state index in [2.05, 4.69) is 10.6 Å². The fourth-order valence-corrected chi connectivity index (χ4v) is 3.68. The second-order valence-corrected chi connectivity index (χ2v) is 7.35. The minimum Gasteiger partial charge on any atom is -0.347 e. The molecule has 1 fully saturated rings. The molecule has 1 aromatic heterocycles. The number of benzene rings is 1. The lowest BCUT2D eigenvalue weighted by molar-refractivity contribution is -0.135. The van der Waals surface area contributed by atoms with E-state index in [-0.39, 0.29) is 11.6 Å². The number of nitrogens with zero attached hydrogens (tertiary/aromatic N) is 1. The van der Waals surface area contributed by atoms with Crippen molar-refractivity contribution in [3.8, 4) is 0 Å². The molecule has 0 saturated carbocycles. The van der Waals surface area contributed by atoms with Gasteiger partial charge in [-0.2, -0.15) is 0 Å². The van der Waals surface area contributed by atoms with Gasteiger partial charge in [-0.3, -0.25) is 14.5 Å². The maximum Gasteiger partial charge on any atom is 0.325 e. The van der Waals surface area contributed by atoms with E-state index in [0.29, 0.717) is 4.90 Å². The van der Waals surface area contributed by atoms with E-state index < -0.39 is 41.6 Å². The zero-order valence-electron chi connectivity index (χ0n) is 14.6. The third-order valence-electron chi connectivity index (χ3n) is 4.39. The summed E-state index contributed by atoms with van der Waals surface area (Å²) >= 11 is 1.47. The molecular weight excluding hydrogens is 376 g/mol. The van der Waals surface area contributed by atoms with Crippen LogP contribution >= 0.6 is 11.3 Å². The van der Waals surface area contributed by atoms with E-state index in [9.17, 15) is 23.2 Å². The zero-order valence-corrected chi connectivity index (χ0v) is 15.4. The summed E-state index contributed by atoms with van der Waals surface area (Å²) in [5.74, 6) is -2.93. The van der Waals surface area contributed by atoms with Crippen molar-refractivity contribution in [3.05, 3.63) is 57.8 Å². The fraction of sp³-hybridized carbons (Fsp3) is 0.278. The highest BCUT2D eigenvalue weighted by atomic mass is 32.1. The molecule has 0 spiro atoms. The highest BCUT2D eigenvalue weighted by Gasteiger charge is 2.50. The van der Waals surface area contributed by atoms with Crippen molar-refractivity contribution in [2.75, 3.05) is 6.54 Å². The molecule has 0 bridgehead atoms. The summed E-state index contributed by atoms with van der Waals surface area (Å²) < 4.78 is 27.6. The molecule has 9 heteroatoms. The van der Waals surface area contributed by atoms with Gasteiger partial charge in [0, 0.05) is 10.4 Å². The molecule has 27 heavy (non-hydrogen) atoms. The van der Waals surface area contributed by atoms with Crippen LogP contribution in [-0.4, -0.2) is 29.3 Å². The molecule has 142 valence electrons. The van der Waals surface area contributed by atoms with Crippen LogP contribution in [0.4, 0.5) is 13.6 Å². The summed E-state index contributed by atoms with van der Waals surface area (Å²) in [5.41, 5.74) is -2.08. The zero-order chi connectivity index (χ0) is 19.8. The molecule has 2 aromatic rings. The largest absolute Gasteiger partial charge is 0.347 e. The molecule has 0 unspecified atom stereocenters. The smallest absolute Gasteiger partial charge is 0.325 e. The number of nitrogens with one attached hydrogen (secondary N) is 2. The number of amides is 4. The first-order valence-corrected chi connectivity index (χ1v) is 9.02. The van der Waals surface area contributed by atoms with Gasteiger partial charge in [-0.05, 0) is 43.5 Å². The fourth-order valence-electron chi connectivity index (χ4n) is 2.94. The molecule has 2 N–H and O–H groups in total. The Morgan fingerprint density at radius 2 is 2.07 bits per heavy atom. The van der Waals surface area contributed by atoms with Gasteiger partial charge in [0.15, 0.2) is 0 Å². The average molecular weight is 393 g/mol. The van der Waals surface area contributed by atoms with Crippen molar-refractivity contribution in [2.45, 2.75) is 25.4 Å². The van der Waals surface area contributed by atoms with Crippen LogP contribution in [0.25, 0.3) is 0 Å². The van der Waals surface area contributed by atoms with E-state index in [1.165, 1.54) is 18.3 Å². The van der Waals surface area contributed by atoms with Gasteiger partial charge in [-0.25, -0.2) is 13.6 Å². The van der Waals surface area contributed by atoms with Crippen LogP contribution in [0.3, 0.4) is 0 Å². The molecule has 0 aliphatic carbocycles. The van der Waals surface area contributed by atoms with E-state index in [0.717, 1.165) is 23.1 Å². The van der Waals surface area contributed by atoms with E-state index in [4.69, 9.17) is 0 Å². The third-order valence-corrected chi connectivity index (χ3v) is 5.45. The Hall–Kier alpha value is -2.81. The Morgan fingerprint density at radius 3 is 2.74 bits per heavy atom. The second-order valence-electron chi connectivity index (χ2n) is 6.38. The first-order chi connectivity index (χ1) is 12.7. The Bertz CT molecular complexity index is 903. The first kappa shape index (κ1) is 19.0. The maximum absolute atomic E-state index is 14.1. The average Bonchev–Trinajstić information content (AvgIpc) is 3.21. The van der Waals surface area contributed by atoms with Crippen LogP contribution in [0.2, 0.25) is 0 Å². The molecule has 1 aliphatic rings. The Morgan fingerprint density at radius 1 is 1.33 bits per heavy atom. The number of halogens is 2. The molecule has 4 amide bonds. The SMILES string of the molecule is C[C@@H](NC(=O)CN1C(=O)N[C@@](C)(c2cc(F)ccc2F)C1=O)c1cccs1. The van der Waals surface area contributed by atoms with Crippen molar-refractivity contribution in [1.82, 2.24) is 15.5 Å². The third kappa shape index (κ3) is 3.55. The minimum absolute atomic E-state index is 0.287. The van der Waals surface area contributed by atoms with Gasteiger partial charge in [-0.15, -0.1) is 11.3 Å². The standard InChI is InChI=1S/C18H17F2N3O3S/c1-10(14-4-3-7-27-14)21-15(24)9-23-16(25)18(2,22-17(23)26)12-8-11(19)5-6-13(12)20/h3-8,10H,9H2,1-2H3,(H,21,24)(H,22,26)/t10-,18+/m1/s1. The number of carbonyl (C=O) groups is 3. The van der Waals surface area contributed by atoms with Crippen LogP contribution in [0.5, 0.6) is 0 Å². The van der Waals surface area contributed by atoms with Gasteiger partial charge in [0.2, 0.25) is 5.91 Å². The number of urea groups is 1. The van der Waals surface area contributed by atoms with Gasteiger partial charge >= 0.3 is 6.03 Å². The minimum atomic E-state index is -1.79. The van der Waals surface area contributed by atoms with Crippen molar-refractivity contribution in [3.63, 3.8) is 0 Å². The molecular formula is C18H17F2N3O3S. The van der Waals surface area contributed by atoms with Gasteiger partial charge in [0.05, 0.1) is 6.04 Å². The Kier molecular flexibility index (Phi) is 4.97. The van der Waals surface area contributed by atoms with Crippen LogP contribution < -0.4 is 10.6 Å². The highest BCUT2D eigenvalue weighted by Crippen LogP contribution is 2.31. The second kappa shape index (κ2) is 7.07. The van der Waals surface area contributed by atoms with Crippen LogP contribution in [-0.2, 0) is 15.1 Å². The Labute approximate surface area is 158 Å². The summed E-state index contributed by atoms with van der Waals surface area (Å²) in [6.07, 6.45) is 0. The number of hydrogen-bond acceptors (Lipinski definition) is 4. The molecule has 1 saturated heterocycles. The summed E-state index contributed by atoms with van der Waals surface area (Å²) in [7, 11) is 0. The summed E-state index contributed by atoms with van der Waals surface area (Å²) in [6.45, 7) is 2.53. The molecule has 6 nitrogen and oxygen atoms in total. The van der Waals surface area contributed by atoms with Gasteiger partial charge in [-0.1, -0.05) is 6.07 Å². The van der Waals surface area contributed by atoms with Gasteiger partial charge in [0.1, 0.15) is 23.7 Å². The van der Waals surface area contributed by atoms with E-state index in [1.54, 1.807) is 6.92 Å². The van der Waals surface area contributed by atoms with Crippen molar-refractivity contribution in [2.24, 2.45) is 0 Å². The molecule has 2 atom stereocenters. The van der Waals surface area contributed by atoms with Crippen LogP contribution in [0.1, 0.15) is 30.3 Å². The molecule has 2 heterocycles. The van der Waals surface area contributed by atoms with Crippen molar-refractivity contribution >= 4 is 29.2 Å². The van der Waals surface area contributed by atoms with Gasteiger partial charge in [0.25, 0.3) is 5.91 Å². The number of imide groups is 1. The lowest BCUT2D eigenvalue weighted by atomic mass is 9.91. The van der Waals surface area contributed by atoms with Crippen molar-refractivity contribution < 1.29 is 23.2 Å². The van der Waals surface area contributed by atoms with Crippen LogP contribution in [0.15, 0.2) is 35.7 Å². The predicted molar refractivity (Wildman–Crippen MR) is 94.8 cm³/mol. The van der Waals surface area contributed by atoms with E-state index in [1.807, 2.05) is 17.5 Å².